The third-order valence-electron chi connectivity index (χ3n) is 4.75. The van der Waals surface area contributed by atoms with Crippen LogP contribution in [0, 0.1) is 0 Å². The fraction of sp³-hybridized carbons (Fsp3) is 0.864. The predicted molar refractivity (Wildman–Crippen MR) is 108 cm³/mol. The number of aliphatic hydroxyl groups is 2. The van der Waals surface area contributed by atoms with Crippen LogP contribution in [0.15, 0.2) is 12.2 Å². The van der Waals surface area contributed by atoms with E-state index in [1.807, 2.05) is 0 Å². The van der Waals surface area contributed by atoms with E-state index in [0.717, 1.165) is 12.8 Å². The van der Waals surface area contributed by atoms with E-state index in [4.69, 9.17) is 5.11 Å². The summed E-state index contributed by atoms with van der Waals surface area (Å²) in [5, 5.41) is 27.8. The molecule has 26 heavy (non-hydrogen) atoms. The van der Waals surface area contributed by atoms with E-state index in [1.54, 1.807) is 0 Å². The van der Waals surface area contributed by atoms with Gasteiger partial charge < -0.3 is 15.3 Å². The molecule has 0 aromatic heterocycles. The van der Waals surface area contributed by atoms with E-state index in [-0.39, 0.29) is 12.8 Å². The largest absolute Gasteiger partial charge is 0.481 e. The van der Waals surface area contributed by atoms with Gasteiger partial charge in [0.05, 0.1) is 18.6 Å². The van der Waals surface area contributed by atoms with Gasteiger partial charge in [-0.2, -0.15) is 0 Å². The van der Waals surface area contributed by atoms with E-state index >= 15 is 0 Å². The molecular weight excluding hydrogens is 328 g/mol. The zero-order chi connectivity index (χ0) is 19.5. The number of carbonyl (C=O) groups is 1. The van der Waals surface area contributed by atoms with Gasteiger partial charge in [-0.25, -0.2) is 0 Å². The Labute approximate surface area is 160 Å². The van der Waals surface area contributed by atoms with Crippen LogP contribution in [0.1, 0.15) is 110 Å². The van der Waals surface area contributed by atoms with Gasteiger partial charge in [-0.3, -0.25) is 4.79 Å². The number of aliphatic hydroxyl groups excluding tert-OH is 2. The van der Waals surface area contributed by atoms with E-state index in [2.05, 4.69) is 19.1 Å². The highest BCUT2D eigenvalue weighted by Crippen LogP contribution is 2.14. The Morgan fingerprint density at radius 3 is 1.81 bits per heavy atom. The number of carboxylic acids is 1. The molecule has 2 atom stereocenters. The van der Waals surface area contributed by atoms with Crippen molar-refractivity contribution in [3.8, 4) is 0 Å². The number of carboxylic acid groups (broad SMARTS) is 1. The Morgan fingerprint density at radius 1 is 0.769 bits per heavy atom. The lowest BCUT2D eigenvalue weighted by molar-refractivity contribution is -0.139. The van der Waals surface area contributed by atoms with E-state index in [0.29, 0.717) is 6.42 Å². The molecule has 0 heterocycles. The third-order valence-corrected chi connectivity index (χ3v) is 4.75. The zero-order valence-corrected chi connectivity index (χ0v) is 16.9. The Kier molecular flexibility index (Phi) is 18.3. The summed E-state index contributed by atoms with van der Waals surface area (Å²) >= 11 is 0. The summed E-state index contributed by atoms with van der Waals surface area (Å²) in [6.45, 7) is 2.24. The van der Waals surface area contributed by atoms with Crippen molar-refractivity contribution in [1.29, 1.82) is 0 Å². The average Bonchev–Trinajstić information content (AvgIpc) is 2.57. The first-order chi connectivity index (χ1) is 12.6. The number of hydrogen-bond donors (Lipinski definition) is 3. The molecular formula is C22H42O4. The molecule has 0 aliphatic heterocycles. The van der Waals surface area contributed by atoms with Crippen molar-refractivity contribution in [2.45, 2.75) is 122 Å². The summed E-state index contributed by atoms with van der Waals surface area (Å²) in [6.07, 6.45) is 19.8. The Morgan fingerprint density at radius 2 is 1.27 bits per heavy atom. The summed E-state index contributed by atoms with van der Waals surface area (Å²) in [6, 6.07) is 0. The van der Waals surface area contributed by atoms with Crippen molar-refractivity contribution >= 4 is 5.97 Å². The molecule has 0 rings (SSSR count). The summed E-state index contributed by atoms with van der Waals surface area (Å²) in [5.41, 5.74) is 0. The molecule has 0 aliphatic carbocycles. The second kappa shape index (κ2) is 18.9. The monoisotopic (exact) mass is 370 g/mol. The van der Waals surface area contributed by atoms with Crippen molar-refractivity contribution in [1.82, 2.24) is 0 Å². The normalized spacial score (nSPS) is 14.0. The van der Waals surface area contributed by atoms with Crippen LogP contribution in [0.5, 0.6) is 0 Å². The number of unbranched alkanes of at least 4 members (excludes halogenated alkanes) is 11. The Hall–Kier alpha value is -0.870. The van der Waals surface area contributed by atoms with Crippen LogP contribution in [0.2, 0.25) is 0 Å². The van der Waals surface area contributed by atoms with E-state index < -0.39 is 18.2 Å². The molecule has 0 aliphatic rings. The van der Waals surface area contributed by atoms with Crippen molar-refractivity contribution in [2.24, 2.45) is 0 Å². The van der Waals surface area contributed by atoms with Gasteiger partial charge in [0.1, 0.15) is 0 Å². The first-order valence-electron chi connectivity index (χ1n) is 10.8. The molecule has 4 heteroatoms. The second-order valence-electron chi connectivity index (χ2n) is 7.51. The maximum absolute atomic E-state index is 10.5. The van der Waals surface area contributed by atoms with Crippen molar-refractivity contribution in [2.75, 3.05) is 0 Å². The molecule has 0 saturated heterocycles. The summed E-state index contributed by atoms with van der Waals surface area (Å²) in [4.78, 5) is 10.5. The van der Waals surface area contributed by atoms with Crippen LogP contribution in [-0.2, 0) is 4.79 Å². The lowest BCUT2D eigenvalue weighted by atomic mass is 10.0. The standard InChI is InChI=1S/C22H42O4/c1-2-3-4-5-6-7-8-9-10-11-12-13-14-15-16-17-20(23)18-21(24)19-22(25)26/h6-7,20-21,23-24H,2-5,8-19H2,1H3,(H,25,26)/b7-6-/t20-,21-/m1/s1. The van der Waals surface area contributed by atoms with Gasteiger partial charge in [0.15, 0.2) is 0 Å². The molecule has 0 aromatic carbocycles. The number of aliphatic carboxylic acids is 1. The summed E-state index contributed by atoms with van der Waals surface area (Å²) in [5.74, 6) is -1.02. The minimum Gasteiger partial charge on any atom is -0.481 e. The van der Waals surface area contributed by atoms with Gasteiger partial charge in [-0.05, 0) is 38.5 Å². The number of allylic oxidation sites excluding steroid dienone is 2. The topological polar surface area (TPSA) is 77.8 Å². The molecule has 0 saturated carbocycles. The van der Waals surface area contributed by atoms with Crippen LogP contribution in [0.25, 0.3) is 0 Å². The SMILES string of the molecule is CCCCC/C=C\CCCCCCCCCC[C@@H](O)C[C@@H](O)CC(=O)O. The summed E-state index contributed by atoms with van der Waals surface area (Å²) < 4.78 is 0. The van der Waals surface area contributed by atoms with Crippen molar-refractivity contribution < 1.29 is 20.1 Å². The highest BCUT2D eigenvalue weighted by atomic mass is 16.4. The minimum absolute atomic E-state index is 0.166. The highest BCUT2D eigenvalue weighted by Gasteiger charge is 2.14. The van der Waals surface area contributed by atoms with E-state index in [1.165, 1.54) is 70.6 Å². The Balaban J connectivity index is 3.27. The lowest BCUT2D eigenvalue weighted by Crippen LogP contribution is -2.20. The van der Waals surface area contributed by atoms with Crippen LogP contribution in [0.4, 0.5) is 0 Å². The molecule has 0 amide bonds. The smallest absolute Gasteiger partial charge is 0.305 e. The molecule has 3 N–H and O–H groups in total. The van der Waals surface area contributed by atoms with Gasteiger partial charge in [0.25, 0.3) is 0 Å². The van der Waals surface area contributed by atoms with Gasteiger partial charge in [-0.15, -0.1) is 0 Å². The number of hydrogen-bond acceptors (Lipinski definition) is 3. The molecule has 4 nitrogen and oxygen atoms in total. The van der Waals surface area contributed by atoms with Crippen LogP contribution in [-0.4, -0.2) is 33.5 Å². The molecule has 0 fully saturated rings. The van der Waals surface area contributed by atoms with Gasteiger partial charge in [0, 0.05) is 0 Å². The fourth-order valence-electron chi connectivity index (χ4n) is 3.17. The zero-order valence-electron chi connectivity index (χ0n) is 16.9. The van der Waals surface area contributed by atoms with Gasteiger partial charge in [0.2, 0.25) is 0 Å². The molecule has 0 aromatic rings. The molecule has 154 valence electrons. The van der Waals surface area contributed by atoms with Crippen LogP contribution in [0.3, 0.4) is 0 Å². The molecule has 0 spiro atoms. The van der Waals surface area contributed by atoms with E-state index in [9.17, 15) is 15.0 Å². The quantitative estimate of drug-likeness (QED) is 0.204. The van der Waals surface area contributed by atoms with Crippen LogP contribution < -0.4 is 0 Å². The minimum atomic E-state index is -1.02. The first-order valence-corrected chi connectivity index (χ1v) is 10.8. The van der Waals surface area contributed by atoms with Crippen molar-refractivity contribution in [3.05, 3.63) is 12.2 Å². The fourth-order valence-corrected chi connectivity index (χ4v) is 3.17. The predicted octanol–water partition coefficient (Wildman–Crippen LogP) is 5.61. The maximum atomic E-state index is 10.5. The molecule has 0 bridgehead atoms. The third kappa shape index (κ3) is 19.5. The summed E-state index contributed by atoms with van der Waals surface area (Å²) in [7, 11) is 0. The maximum Gasteiger partial charge on any atom is 0.305 e. The lowest BCUT2D eigenvalue weighted by Gasteiger charge is -2.14. The van der Waals surface area contributed by atoms with Crippen molar-refractivity contribution in [3.63, 3.8) is 0 Å². The molecule has 0 radical (unpaired) electrons. The first kappa shape index (κ1) is 25.1. The number of rotatable bonds is 19. The van der Waals surface area contributed by atoms with Crippen LogP contribution >= 0.6 is 0 Å². The molecule has 0 unspecified atom stereocenters. The van der Waals surface area contributed by atoms with Gasteiger partial charge in [-0.1, -0.05) is 76.9 Å². The Bertz CT molecular complexity index is 341. The average molecular weight is 371 g/mol. The second-order valence-corrected chi connectivity index (χ2v) is 7.51. The highest BCUT2D eigenvalue weighted by molar-refractivity contribution is 5.67. The van der Waals surface area contributed by atoms with Gasteiger partial charge >= 0.3 is 5.97 Å².